The molecule has 0 bridgehead atoms. The zero-order valence-electron chi connectivity index (χ0n) is 10.8. The van der Waals surface area contributed by atoms with Crippen molar-refractivity contribution in [2.45, 2.75) is 32.6 Å². The Morgan fingerprint density at radius 3 is 2.78 bits per heavy atom. The maximum absolute atomic E-state index is 11.8. The van der Waals surface area contributed by atoms with Crippen LogP contribution in [0.3, 0.4) is 0 Å². The summed E-state index contributed by atoms with van der Waals surface area (Å²) in [6, 6.07) is 0. The molecule has 5 nitrogen and oxygen atoms in total. The Hall–Kier alpha value is -1.65. The molecule has 0 atom stereocenters. The van der Waals surface area contributed by atoms with E-state index in [0.29, 0.717) is 17.4 Å². The fourth-order valence-corrected chi connectivity index (χ4v) is 1.81. The van der Waals surface area contributed by atoms with Gasteiger partial charge in [-0.25, -0.2) is 9.97 Å². The van der Waals surface area contributed by atoms with E-state index in [1.54, 1.807) is 6.20 Å². The highest BCUT2D eigenvalue weighted by Crippen LogP contribution is 2.25. The molecule has 1 amide bonds. The van der Waals surface area contributed by atoms with Gasteiger partial charge in [-0.15, -0.1) is 0 Å². The van der Waals surface area contributed by atoms with Crippen LogP contribution in [0.1, 0.15) is 43.1 Å². The summed E-state index contributed by atoms with van der Waals surface area (Å²) in [5.41, 5.74) is 0.386. The van der Waals surface area contributed by atoms with Crippen molar-refractivity contribution in [1.82, 2.24) is 15.3 Å². The Bertz CT molecular complexity index is 386. The molecule has 1 aromatic rings. The highest BCUT2D eigenvalue weighted by atomic mass is 16.1. The molecule has 5 heteroatoms. The first kappa shape index (κ1) is 12.8. The van der Waals surface area contributed by atoms with E-state index >= 15 is 0 Å². The monoisotopic (exact) mass is 248 g/mol. The first-order valence-corrected chi connectivity index (χ1v) is 6.63. The first-order valence-electron chi connectivity index (χ1n) is 6.63. The molecule has 0 spiro atoms. The predicted octanol–water partition coefficient (Wildman–Crippen LogP) is 1.83. The van der Waals surface area contributed by atoms with Crippen LogP contribution in [0.5, 0.6) is 0 Å². The van der Waals surface area contributed by atoms with Crippen LogP contribution in [0.15, 0.2) is 12.4 Å². The first-order chi connectivity index (χ1) is 8.79. The van der Waals surface area contributed by atoms with E-state index in [9.17, 15) is 4.79 Å². The van der Waals surface area contributed by atoms with Crippen LogP contribution in [-0.2, 0) is 0 Å². The lowest BCUT2D eigenvalue weighted by Crippen LogP contribution is -2.32. The molecule has 0 aromatic carbocycles. The molecule has 1 aromatic heterocycles. The van der Waals surface area contributed by atoms with Gasteiger partial charge in [0.15, 0.2) is 0 Å². The number of nitrogens with zero attached hydrogens (tertiary/aromatic N) is 2. The number of hydrogen-bond acceptors (Lipinski definition) is 4. The van der Waals surface area contributed by atoms with Crippen molar-refractivity contribution < 1.29 is 4.79 Å². The van der Waals surface area contributed by atoms with Crippen LogP contribution in [0.4, 0.5) is 5.82 Å². The Morgan fingerprint density at radius 2 is 2.22 bits per heavy atom. The van der Waals surface area contributed by atoms with Crippen LogP contribution < -0.4 is 10.6 Å². The lowest BCUT2D eigenvalue weighted by atomic mass is 9.85. The number of anilines is 1. The second-order valence-corrected chi connectivity index (χ2v) is 4.72. The van der Waals surface area contributed by atoms with E-state index in [-0.39, 0.29) is 5.91 Å². The number of carbonyl (C=O) groups excluding carboxylic acids is 1. The normalized spacial score (nSPS) is 14.9. The minimum atomic E-state index is -0.128. The molecule has 1 saturated carbocycles. The van der Waals surface area contributed by atoms with Crippen molar-refractivity contribution in [2.24, 2.45) is 5.92 Å². The number of hydrogen-bond donors (Lipinski definition) is 2. The van der Waals surface area contributed by atoms with E-state index < -0.39 is 0 Å². The molecule has 98 valence electrons. The van der Waals surface area contributed by atoms with E-state index in [2.05, 4.69) is 27.5 Å². The second-order valence-electron chi connectivity index (χ2n) is 4.72. The molecular formula is C13H20N4O. The molecule has 2 N–H and O–H groups in total. The van der Waals surface area contributed by atoms with Crippen LogP contribution >= 0.6 is 0 Å². The van der Waals surface area contributed by atoms with Crippen LogP contribution in [-0.4, -0.2) is 29.0 Å². The van der Waals surface area contributed by atoms with Crippen molar-refractivity contribution in [3.05, 3.63) is 18.1 Å². The van der Waals surface area contributed by atoms with E-state index in [4.69, 9.17) is 0 Å². The molecule has 0 radical (unpaired) electrons. The number of aromatic nitrogens is 2. The molecule has 0 saturated heterocycles. The van der Waals surface area contributed by atoms with E-state index in [0.717, 1.165) is 19.5 Å². The topological polar surface area (TPSA) is 66.9 Å². The molecule has 0 aliphatic heterocycles. The SMILES string of the molecule is CCCNc1cnc(C(=O)NCC2CCC2)cn1. The van der Waals surface area contributed by atoms with Crippen molar-refractivity contribution >= 4 is 11.7 Å². The third-order valence-electron chi connectivity index (χ3n) is 3.22. The van der Waals surface area contributed by atoms with Gasteiger partial charge in [0.05, 0.1) is 12.4 Å². The zero-order valence-corrected chi connectivity index (χ0v) is 10.8. The molecule has 1 aliphatic carbocycles. The summed E-state index contributed by atoms with van der Waals surface area (Å²) in [5, 5.41) is 6.03. The molecule has 1 aliphatic rings. The maximum atomic E-state index is 11.8. The van der Waals surface area contributed by atoms with E-state index in [1.807, 2.05) is 0 Å². The Kier molecular flexibility index (Phi) is 4.50. The van der Waals surface area contributed by atoms with Gasteiger partial charge in [-0.3, -0.25) is 4.79 Å². The molecule has 0 unspecified atom stereocenters. The predicted molar refractivity (Wildman–Crippen MR) is 70.5 cm³/mol. The highest BCUT2D eigenvalue weighted by molar-refractivity contribution is 5.91. The zero-order chi connectivity index (χ0) is 12.8. The van der Waals surface area contributed by atoms with Gasteiger partial charge in [0.2, 0.25) is 0 Å². The second kappa shape index (κ2) is 6.33. The van der Waals surface area contributed by atoms with Crippen molar-refractivity contribution in [2.75, 3.05) is 18.4 Å². The van der Waals surface area contributed by atoms with Crippen molar-refractivity contribution in [3.8, 4) is 0 Å². The number of nitrogens with one attached hydrogen (secondary N) is 2. The molecule has 18 heavy (non-hydrogen) atoms. The highest BCUT2D eigenvalue weighted by Gasteiger charge is 2.18. The summed E-state index contributed by atoms with van der Waals surface area (Å²) in [7, 11) is 0. The average molecular weight is 248 g/mol. The molecule has 1 fully saturated rings. The van der Waals surface area contributed by atoms with Gasteiger partial charge >= 0.3 is 0 Å². The standard InChI is InChI=1S/C13H20N4O/c1-2-6-14-12-9-15-11(8-16-12)13(18)17-7-10-4-3-5-10/h8-10H,2-7H2,1H3,(H,14,16)(H,17,18). The van der Waals surface area contributed by atoms with Gasteiger partial charge in [0.25, 0.3) is 5.91 Å². The fraction of sp³-hybridized carbons (Fsp3) is 0.615. The fourth-order valence-electron chi connectivity index (χ4n) is 1.81. The largest absolute Gasteiger partial charge is 0.369 e. The number of rotatable bonds is 6. The minimum Gasteiger partial charge on any atom is -0.369 e. The van der Waals surface area contributed by atoms with E-state index in [1.165, 1.54) is 25.5 Å². The third kappa shape index (κ3) is 3.42. The maximum Gasteiger partial charge on any atom is 0.271 e. The van der Waals surface area contributed by atoms with Gasteiger partial charge in [0, 0.05) is 13.1 Å². The minimum absolute atomic E-state index is 0.128. The summed E-state index contributed by atoms with van der Waals surface area (Å²) in [6.45, 7) is 3.71. The quantitative estimate of drug-likeness (QED) is 0.806. The Morgan fingerprint density at radius 1 is 1.39 bits per heavy atom. The lowest BCUT2D eigenvalue weighted by Gasteiger charge is -2.25. The molecule has 1 heterocycles. The van der Waals surface area contributed by atoms with Gasteiger partial charge in [-0.1, -0.05) is 13.3 Å². The summed E-state index contributed by atoms with van der Waals surface area (Å²) in [4.78, 5) is 20.1. The van der Waals surface area contributed by atoms with Gasteiger partial charge < -0.3 is 10.6 Å². The Balaban J connectivity index is 1.81. The van der Waals surface area contributed by atoms with Crippen molar-refractivity contribution in [3.63, 3.8) is 0 Å². The number of carbonyl (C=O) groups is 1. The van der Waals surface area contributed by atoms with Crippen LogP contribution in [0, 0.1) is 5.92 Å². The molecular weight excluding hydrogens is 228 g/mol. The smallest absolute Gasteiger partial charge is 0.271 e. The number of amides is 1. The third-order valence-corrected chi connectivity index (χ3v) is 3.22. The summed E-state index contributed by atoms with van der Waals surface area (Å²) < 4.78 is 0. The van der Waals surface area contributed by atoms with Gasteiger partial charge in [-0.05, 0) is 25.2 Å². The van der Waals surface area contributed by atoms with Gasteiger partial charge in [0.1, 0.15) is 11.5 Å². The summed E-state index contributed by atoms with van der Waals surface area (Å²) in [6.07, 6.45) is 7.91. The van der Waals surface area contributed by atoms with Gasteiger partial charge in [-0.2, -0.15) is 0 Å². The van der Waals surface area contributed by atoms with Crippen LogP contribution in [0.25, 0.3) is 0 Å². The Labute approximate surface area is 107 Å². The van der Waals surface area contributed by atoms with Crippen molar-refractivity contribution in [1.29, 1.82) is 0 Å². The summed E-state index contributed by atoms with van der Waals surface area (Å²) >= 11 is 0. The van der Waals surface area contributed by atoms with Crippen LogP contribution in [0.2, 0.25) is 0 Å². The lowest BCUT2D eigenvalue weighted by molar-refractivity contribution is 0.0933. The summed E-state index contributed by atoms with van der Waals surface area (Å²) in [5.74, 6) is 1.25. The average Bonchev–Trinajstić information content (AvgIpc) is 2.35. The molecule has 2 rings (SSSR count).